The van der Waals surface area contributed by atoms with E-state index >= 15 is 0 Å². The van der Waals surface area contributed by atoms with Crippen LogP contribution in [0.25, 0.3) is 0 Å². The fourth-order valence-corrected chi connectivity index (χ4v) is 2.95. The van der Waals surface area contributed by atoms with Crippen LogP contribution in [0.3, 0.4) is 0 Å². The number of benzene rings is 2. The molecule has 0 unspecified atom stereocenters. The highest BCUT2D eigenvalue weighted by atomic mass is 19.1. The van der Waals surface area contributed by atoms with Gasteiger partial charge in [-0.25, -0.2) is 9.18 Å². The number of nitrogens with zero attached hydrogens (tertiary/aromatic N) is 2. The summed E-state index contributed by atoms with van der Waals surface area (Å²) in [5.41, 5.74) is 2.90. The first-order chi connectivity index (χ1) is 11.6. The lowest BCUT2D eigenvalue weighted by molar-refractivity contribution is 0.194. The van der Waals surface area contributed by atoms with Crippen molar-refractivity contribution in [3.8, 4) is 0 Å². The first kappa shape index (κ1) is 16.3. The van der Waals surface area contributed by atoms with Crippen LogP contribution in [0.15, 0.2) is 48.5 Å². The van der Waals surface area contributed by atoms with Crippen molar-refractivity contribution in [3.63, 3.8) is 0 Å². The number of urea groups is 1. The van der Waals surface area contributed by atoms with Crippen molar-refractivity contribution in [3.05, 3.63) is 65.5 Å². The average molecular weight is 327 g/mol. The van der Waals surface area contributed by atoms with E-state index in [0.29, 0.717) is 38.4 Å². The Balaban J connectivity index is 1.52. The highest BCUT2D eigenvalue weighted by Crippen LogP contribution is 2.20. The van der Waals surface area contributed by atoms with Crippen molar-refractivity contribution in [1.82, 2.24) is 10.2 Å². The zero-order valence-electron chi connectivity index (χ0n) is 13.8. The smallest absolute Gasteiger partial charge is 0.317 e. The molecule has 2 aromatic rings. The summed E-state index contributed by atoms with van der Waals surface area (Å²) >= 11 is 0. The minimum absolute atomic E-state index is 0.0635. The van der Waals surface area contributed by atoms with Gasteiger partial charge in [0.25, 0.3) is 0 Å². The van der Waals surface area contributed by atoms with E-state index in [1.54, 1.807) is 17.0 Å². The van der Waals surface area contributed by atoms with Crippen LogP contribution in [0.1, 0.15) is 11.1 Å². The van der Waals surface area contributed by atoms with Crippen molar-refractivity contribution in [2.45, 2.75) is 13.5 Å². The molecular formula is C19H22FN3O. The summed E-state index contributed by atoms with van der Waals surface area (Å²) in [6.45, 7) is 5.02. The summed E-state index contributed by atoms with van der Waals surface area (Å²) in [7, 11) is 0. The molecule has 1 N–H and O–H groups in total. The number of anilines is 1. The molecule has 1 aliphatic rings. The van der Waals surface area contributed by atoms with Crippen molar-refractivity contribution >= 4 is 11.7 Å². The molecule has 2 aromatic carbocycles. The van der Waals surface area contributed by atoms with Gasteiger partial charge >= 0.3 is 6.03 Å². The van der Waals surface area contributed by atoms with E-state index in [0.717, 1.165) is 5.56 Å². The topological polar surface area (TPSA) is 35.6 Å². The molecule has 1 heterocycles. The summed E-state index contributed by atoms with van der Waals surface area (Å²) in [5, 5.41) is 2.97. The van der Waals surface area contributed by atoms with E-state index in [1.165, 1.54) is 11.6 Å². The van der Waals surface area contributed by atoms with Crippen LogP contribution in [-0.4, -0.2) is 37.1 Å². The molecule has 0 saturated carbocycles. The zero-order valence-corrected chi connectivity index (χ0v) is 13.8. The molecule has 0 radical (unpaired) electrons. The predicted molar refractivity (Wildman–Crippen MR) is 93.6 cm³/mol. The number of halogens is 1. The molecule has 0 aliphatic carbocycles. The second-order valence-electron chi connectivity index (χ2n) is 6.01. The SMILES string of the molecule is Cc1ccccc1CNC(=O)N1CCN(c2ccccc2F)CC1. The quantitative estimate of drug-likeness (QED) is 0.940. The number of hydrogen-bond donors (Lipinski definition) is 1. The standard InChI is InChI=1S/C19H22FN3O/c1-15-6-2-3-7-16(15)14-21-19(24)23-12-10-22(11-13-23)18-9-5-4-8-17(18)20/h2-9H,10-14H2,1H3,(H,21,24). The van der Waals surface area contributed by atoms with Crippen LogP contribution >= 0.6 is 0 Å². The van der Waals surface area contributed by atoms with Crippen molar-refractivity contribution in [2.24, 2.45) is 0 Å². The Morgan fingerprint density at radius 1 is 1.04 bits per heavy atom. The minimum Gasteiger partial charge on any atom is -0.366 e. The van der Waals surface area contributed by atoms with E-state index in [-0.39, 0.29) is 11.8 Å². The molecule has 1 aliphatic heterocycles. The molecule has 0 spiro atoms. The lowest BCUT2D eigenvalue weighted by Crippen LogP contribution is -2.51. The molecule has 0 bridgehead atoms. The Bertz CT molecular complexity index is 711. The van der Waals surface area contributed by atoms with E-state index < -0.39 is 0 Å². The number of hydrogen-bond acceptors (Lipinski definition) is 2. The monoisotopic (exact) mass is 327 g/mol. The second-order valence-corrected chi connectivity index (χ2v) is 6.01. The van der Waals surface area contributed by atoms with Crippen molar-refractivity contribution in [2.75, 3.05) is 31.1 Å². The fraction of sp³-hybridized carbons (Fsp3) is 0.316. The molecule has 2 amide bonds. The molecule has 0 aromatic heterocycles. The van der Waals surface area contributed by atoms with Gasteiger partial charge in [-0.3, -0.25) is 0 Å². The van der Waals surface area contributed by atoms with Crippen LogP contribution in [-0.2, 0) is 6.54 Å². The lowest BCUT2D eigenvalue weighted by atomic mass is 10.1. The Morgan fingerprint density at radius 2 is 1.71 bits per heavy atom. The maximum absolute atomic E-state index is 13.8. The van der Waals surface area contributed by atoms with E-state index in [1.807, 2.05) is 42.2 Å². The van der Waals surface area contributed by atoms with Crippen LogP contribution in [0.4, 0.5) is 14.9 Å². The summed E-state index contributed by atoms with van der Waals surface area (Å²) in [6, 6.07) is 14.7. The van der Waals surface area contributed by atoms with E-state index in [9.17, 15) is 9.18 Å². The number of piperazine rings is 1. The van der Waals surface area contributed by atoms with Crippen molar-refractivity contribution in [1.29, 1.82) is 0 Å². The van der Waals surface area contributed by atoms with Gasteiger partial charge in [0.2, 0.25) is 0 Å². The Kier molecular flexibility index (Phi) is 4.99. The third-order valence-corrected chi connectivity index (χ3v) is 4.45. The van der Waals surface area contributed by atoms with E-state index in [2.05, 4.69) is 5.32 Å². The molecule has 3 rings (SSSR count). The molecule has 126 valence electrons. The third-order valence-electron chi connectivity index (χ3n) is 4.45. The Hall–Kier alpha value is -2.56. The summed E-state index contributed by atoms with van der Waals surface area (Å²) < 4.78 is 13.8. The molecular weight excluding hydrogens is 305 g/mol. The first-order valence-corrected chi connectivity index (χ1v) is 8.22. The van der Waals surface area contributed by atoms with Gasteiger partial charge in [-0.15, -0.1) is 0 Å². The van der Waals surface area contributed by atoms with Gasteiger partial charge in [0.1, 0.15) is 5.82 Å². The van der Waals surface area contributed by atoms with Crippen LogP contribution in [0.5, 0.6) is 0 Å². The second kappa shape index (κ2) is 7.34. The molecule has 5 heteroatoms. The lowest BCUT2D eigenvalue weighted by Gasteiger charge is -2.36. The average Bonchev–Trinajstić information content (AvgIpc) is 2.61. The highest BCUT2D eigenvalue weighted by Gasteiger charge is 2.22. The highest BCUT2D eigenvalue weighted by molar-refractivity contribution is 5.74. The predicted octanol–water partition coefficient (Wildman–Crippen LogP) is 3.17. The largest absolute Gasteiger partial charge is 0.366 e. The summed E-state index contributed by atoms with van der Waals surface area (Å²) in [5.74, 6) is -0.213. The third kappa shape index (κ3) is 3.67. The van der Waals surface area contributed by atoms with Gasteiger partial charge in [0, 0.05) is 32.7 Å². The number of amides is 2. The normalized spacial score (nSPS) is 14.6. The molecule has 1 fully saturated rings. The van der Waals surface area contributed by atoms with Gasteiger partial charge in [-0.05, 0) is 30.2 Å². The number of carbonyl (C=O) groups is 1. The van der Waals surface area contributed by atoms with E-state index in [4.69, 9.17) is 0 Å². The molecule has 24 heavy (non-hydrogen) atoms. The Labute approximate surface area is 141 Å². The summed E-state index contributed by atoms with van der Waals surface area (Å²) in [6.07, 6.45) is 0. The number of para-hydroxylation sites is 1. The number of nitrogens with one attached hydrogen (secondary N) is 1. The number of rotatable bonds is 3. The van der Waals surface area contributed by atoms with Gasteiger partial charge in [-0.1, -0.05) is 36.4 Å². The van der Waals surface area contributed by atoms with Gasteiger partial charge < -0.3 is 15.1 Å². The van der Waals surface area contributed by atoms with Crippen molar-refractivity contribution < 1.29 is 9.18 Å². The van der Waals surface area contributed by atoms with Gasteiger partial charge in [0.05, 0.1) is 5.69 Å². The molecule has 4 nitrogen and oxygen atoms in total. The summed E-state index contributed by atoms with van der Waals surface area (Å²) in [4.78, 5) is 16.1. The van der Waals surface area contributed by atoms with Crippen LogP contribution in [0.2, 0.25) is 0 Å². The number of aryl methyl sites for hydroxylation is 1. The zero-order chi connectivity index (χ0) is 16.9. The molecule has 1 saturated heterocycles. The van der Waals surface area contributed by atoms with Crippen LogP contribution in [0, 0.1) is 12.7 Å². The molecule has 0 atom stereocenters. The first-order valence-electron chi connectivity index (χ1n) is 8.22. The minimum atomic E-state index is -0.213. The van der Waals surface area contributed by atoms with Gasteiger partial charge in [0.15, 0.2) is 0 Å². The Morgan fingerprint density at radius 3 is 2.42 bits per heavy atom. The fourth-order valence-electron chi connectivity index (χ4n) is 2.95. The van der Waals surface area contributed by atoms with Gasteiger partial charge in [-0.2, -0.15) is 0 Å². The maximum Gasteiger partial charge on any atom is 0.317 e. The van der Waals surface area contributed by atoms with Crippen LogP contribution < -0.4 is 10.2 Å². The maximum atomic E-state index is 13.8. The number of carbonyl (C=O) groups excluding carboxylic acids is 1.